The summed E-state index contributed by atoms with van der Waals surface area (Å²) in [7, 11) is 1.41. The average Bonchev–Trinajstić information content (AvgIpc) is 3.30. The Labute approximate surface area is 231 Å². The Morgan fingerprint density at radius 3 is 2.79 bits per heavy atom. The Balaban J connectivity index is 1.51. The number of fused-ring (bicyclic) bond motifs is 1. The minimum atomic E-state index is -2.76. The average molecular weight is 566 g/mol. The number of morpholine rings is 1. The summed E-state index contributed by atoms with van der Waals surface area (Å²) in [5.74, 6) is 0.564. The second-order valence-corrected chi connectivity index (χ2v) is 11.0. The van der Waals surface area contributed by atoms with Gasteiger partial charge in [-0.1, -0.05) is 36.6 Å². The van der Waals surface area contributed by atoms with E-state index >= 15 is 0 Å². The normalized spacial score (nSPS) is 23.7. The van der Waals surface area contributed by atoms with Crippen molar-refractivity contribution >= 4 is 23.4 Å². The van der Waals surface area contributed by atoms with Crippen LogP contribution < -0.4 is 4.74 Å². The predicted molar refractivity (Wildman–Crippen MR) is 138 cm³/mol. The zero-order valence-electron chi connectivity index (χ0n) is 22.2. The van der Waals surface area contributed by atoms with Crippen LogP contribution in [-0.2, 0) is 34.4 Å². The lowest BCUT2D eigenvalue weighted by Crippen LogP contribution is -2.51. The van der Waals surface area contributed by atoms with E-state index in [9.17, 15) is 18.4 Å². The van der Waals surface area contributed by atoms with Gasteiger partial charge in [0.2, 0.25) is 11.8 Å². The molecule has 2 aliphatic heterocycles. The van der Waals surface area contributed by atoms with Crippen molar-refractivity contribution in [3.05, 3.63) is 39.7 Å². The van der Waals surface area contributed by atoms with Gasteiger partial charge in [0.05, 0.1) is 12.6 Å². The van der Waals surface area contributed by atoms with Gasteiger partial charge in [0.1, 0.15) is 30.4 Å². The Bertz CT molecular complexity index is 1230. The summed E-state index contributed by atoms with van der Waals surface area (Å²) in [6.07, 6.45) is 1.76. The Morgan fingerprint density at radius 2 is 2.05 bits per heavy atom. The molecular weight excluding hydrogens is 532 g/mol. The first kappa shape index (κ1) is 27.8. The summed E-state index contributed by atoms with van der Waals surface area (Å²) in [6.45, 7) is 3.48. The standard InChI is InChI=1S/C27H34ClF2N5O4/c1-16-5-3-4-6-17(16)27(37)35-10-9-18-19(28)7-8-22(39-14-20-25(26(29)30)33(2)32-31-20)24(18)21(35)13-34-11-12-38-15-23(34)36/h7-8,16-17,21,26H,3-6,9-15H2,1-2H3/t16-,17+,21+/m0/s1. The van der Waals surface area contributed by atoms with Crippen LogP contribution >= 0.6 is 11.6 Å². The molecule has 39 heavy (non-hydrogen) atoms. The van der Waals surface area contributed by atoms with Crippen molar-refractivity contribution in [1.82, 2.24) is 24.8 Å². The van der Waals surface area contributed by atoms with Gasteiger partial charge in [-0.05, 0) is 42.9 Å². The number of aryl methyl sites for hydroxylation is 1. The van der Waals surface area contributed by atoms with E-state index in [1.807, 2.05) is 4.90 Å². The van der Waals surface area contributed by atoms with E-state index in [-0.39, 0.29) is 54.8 Å². The van der Waals surface area contributed by atoms with E-state index in [1.165, 1.54) is 7.05 Å². The first-order valence-corrected chi connectivity index (χ1v) is 13.9. The van der Waals surface area contributed by atoms with Crippen LogP contribution in [-0.4, -0.2) is 69.5 Å². The molecule has 3 heterocycles. The number of aromatic nitrogens is 3. The number of ether oxygens (including phenoxy) is 2. The maximum absolute atomic E-state index is 14.0. The second-order valence-electron chi connectivity index (χ2n) is 10.6. The molecular formula is C27H34ClF2N5O4. The van der Waals surface area contributed by atoms with Gasteiger partial charge in [0.25, 0.3) is 6.43 Å². The number of hydrogen-bond donors (Lipinski definition) is 0. The van der Waals surface area contributed by atoms with Crippen LogP contribution in [0.15, 0.2) is 12.1 Å². The molecule has 0 radical (unpaired) electrons. The van der Waals surface area contributed by atoms with E-state index in [1.54, 1.807) is 17.0 Å². The van der Waals surface area contributed by atoms with Crippen LogP contribution in [0, 0.1) is 11.8 Å². The molecule has 0 spiro atoms. The number of rotatable bonds is 7. The Morgan fingerprint density at radius 1 is 1.26 bits per heavy atom. The van der Waals surface area contributed by atoms with Gasteiger partial charge in [-0.3, -0.25) is 9.59 Å². The molecule has 0 N–H and O–H groups in total. The summed E-state index contributed by atoms with van der Waals surface area (Å²) >= 11 is 6.65. The smallest absolute Gasteiger partial charge is 0.282 e. The second kappa shape index (κ2) is 11.8. The highest BCUT2D eigenvalue weighted by atomic mass is 35.5. The molecule has 1 saturated carbocycles. The van der Waals surface area contributed by atoms with Gasteiger partial charge in [-0.2, -0.15) is 0 Å². The quantitative estimate of drug-likeness (QED) is 0.502. The molecule has 3 aliphatic rings. The Hall–Kier alpha value is -2.79. The number of alkyl halides is 2. The van der Waals surface area contributed by atoms with Gasteiger partial charge >= 0.3 is 0 Å². The number of benzene rings is 1. The lowest BCUT2D eigenvalue weighted by atomic mass is 9.78. The highest BCUT2D eigenvalue weighted by molar-refractivity contribution is 6.31. The minimum absolute atomic E-state index is 0.00479. The molecule has 2 fully saturated rings. The topological polar surface area (TPSA) is 89.8 Å². The maximum atomic E-state index is 14.0. The van der Waals surface area contributed by atoms with Crippen LogP contribution in [0.1, 0.15) is 67.6 Å². The van der Waals surface area contributed by atoms with Crippen molar-refractivity contribution < 1.29 is 27.8 Å². The minimum Gasteiger partial charge on any atom is -0.487 e. The van der Waals surface area contributed by atoms with Crippen LogP contribution in [0.2, 0.25) is 5.02 Å². The fraction of sp³-hybridized carbons (Fsp3) is 0.630. The predicted octanol–water partition coefficient (Wildman–Crippen LogP) is 4.10. The molecule has 0 bridgehead atoms. The zero-order valence-corrected chi connectivity index (χ0v) is 23.0. The van der Waals surface area contributed by atoms with E-state index in [0.717, 1.165) is 35.9 Å². The Kier molecular flexibility index (Phi) is 8.37. The lowest BCUT2D eigenvalue weighted by molar-refractivity contribution is -0.148. The van der Waals surface area contributed by atoms with Gasteiger partial charge in [-0.25, -0.2) is 13.5 Å². The van der Waals surface area contributed by atoms with Crippen LogP contribution in [0.25, 0.3) is 0 Å². The monoisotopic (exact) mass is 565 g/mol. The van der Waals surface area contributed by atoms with E-state index in [4.69, 9.17) is 21.1 Å². The number of amides is 2. The van der Waals surface area contributed by atoms with Gasteiger partial charge in [0, 0.05) is 43.2 Å². The first-order chi connectivity index (χ1) is 18.8. The molecule has 1 aromatic carbocycles. The van der Waals surface area contributed by atoms with Gasteiger partial charge < -0.3 is 19.3 Å². The third kappa shape index (κ3) is 5.61. The number of carbonyl (C=O) groups is 2. The molecule has 3 atom stereocenters. The molecule has 1 aliphatic carbocycles. The van der Waals surface area contributed by atoms with Crippen molar-refractivity contribution in [3.63, 3.8) is 0 Å². The van der Waals surface area contributed by atoms with Gasteiger partial charge in [0.15, 0.2) is 0 Å². The van der Waals surface area contributed by atoms with E-state index < -0.39 is 12.5 Å². The van der Waals surface area contributed by atoms with Crippen molar-refractivity contribution in [2.24, 2.45) is 18.9 Å². The summed E-state index contributed by atoms with van der Waals surface area (Å²) in [4.78, 5) is 30.4. The SMILES string of the molecule is C[C@H]1CCCC[C@H]1C(=O)N1CCc2c(Cl)ccc(OCc3nnn(C)c3C(F)F)c2[C@H]1CN1CCOCC1=O. The van der Waals surface area contributed by atoms with Crippen molar-refractivity contribution in [3.8, 4) is 5.75 Å². The molecule has 0 unspecified atom stereocenters. The number of carbonyl (C=O) groups excluding carboxylic acids is 2. The largest absolute Gasteiger partial charge is 0.487 e. The third-order valence-electron chi connectivity index (χ3n) is 8.28. The fourth-order valence-corrected chi connectivity index (χ4v) is 6.39. The molecule has 2 aromatic rings. The number of nitrogens with zero attached hydrogens (tertiary/aromatic N) is 5. The van der Waals surface area contributed by atoms with Crippen molar-refractivity contribution in [1.29, 1.82) is 0 Å². The fourth-order valence-electron chi connectivity index (χ4n) is 6.13. The lowest BCUT2D eigenvalue weighted by Gasteiger charge is -2.44. The van der Waals surface area contributed by atoms with Crippen molar-refractivity contribution in [2.45, 2.75) is 58.1 Å². The highest BCUT2D eigenvalue weighted by Crippen LogP contribution is 2.43. The molecule has 12 heteroatoms. The molecule has 2 amide bonds. The van der Waals surface area contributed by atoms with E-state index in [0.29, 0.717) is 42.5 Å². The number of halogens is 3. The summed E-state index contributed by atoms with van der Waals surface area (Å²) < 4.78 is 39.7. The summed E-state index contributed by atoms with van der Waals surface area (Å²) in [5, 5.41) is 8.13. The molecule has 1 aromatic heterocycles. The van der Waals surface area contributed by atoms with Gasteiger partial charge in [-0.15, -0.1) is 5.10 Å². The van der Waals surface area contributed by atoms with Crippen LogP contribution in [0.4, 0.5) is 8.78 Å². The first-order valence-electron chi connectivity index (χ1n) is 13.5. The van der Waals surface area contributed by atoms with Crippen LogP contribution in [0.3, 0.4) is 0 Å². The molecule has 1 saturated heterocycles. The summed E-state index contributed by atoms with van der Waals surface area (Å²) in [5.41, 5.74) is 1.29. The highest BCUT2D eigenvalue weighted by Gasteiger charge is 2.41. The molecule has 5 rings (SSSR count). The zero-order chi connectivity index (χ0) is 27.7. The van der Waals surface area contributed by atoms with E-state index in [2.05, 4.69) is 17.2 Å². The summed E-state index contributed by atoms with van der Waals surface area (Å²) in [6, 6.07) is 2.92. The maximum Gasteiger partial charge on any atom is 0.282 e. The molecule has 9 nitrogen and oxygen atoms in total. The van der Waals surface area contributed by atoms with Crippen LogP contribution in [0.5, 0.6) is 5.75 Å². The molecule has 212 valence electrons. The van der Waals surface area contributed by atoms with Crippen molar-refractivity contribution in [2.75, 3.05) is 32.8 Å². The number of hydrogen-bond acceptors (Lipinski definition) is 6. The third-order valence-corrected chi connectivity index (χ3v) is 8.63.